The first kappa shape index (κ1) is 10.4. The minimum Gasteiger partial charge on any atom is -0.361 e. The summed E-state index contributed by atoms with van der Waals surface area (Å²) in [6.07, 6.45) is 0. The zero-order chi connectivity index (χ0) is 10.8. The van der Waals surface area contributed by atoms with Crippen LogP contribution in [0.4, 0.5) is 4.39 Å². The summed E-state index contributed by atoms with van der Waals surface area (Å²) in [6.45, 7) is 1.84. The van der Waals surface area contributed by atoms with E-state index in [9.17, 15) is 4.39 Å². The van der Waals surface area contributed by atoms with E-state index in [0.717, 1.165) is 16.9 Å². The Labute approximate surface area is 95.2 Å². The van der Waals surface area contributed by atoms with Crippen LogP contribution in [-0.4, -0.2) is 5.16 Å². The van der Waals surface area contributed by atoms with Crippen molar-refractivity contribution in [3.05, 3.63) is 41.4 Å². The van der Waals surface area contributed by atoms with Gasteiger partial charge in [0, 0.05) is 16.5 Å². The third-order valence-electron chi connectivity index (χ3n) is 2.22. The van der Waals surface area contributed by atoms with Crippen LogP contribution in [-0.2, 0) is 5.33 Å². The minimum atomic E-state index is -0.270. The number of aromatic nitrogens is 1. The maximum absolute atomic E-state index is 13.0. The average molecular weight is 270 g/mol. The summed E-state index contributed by atoms with van der Waals surface area (Å²) in [5.74, 6) is 0.486. The summed E-state index contributed by atoms with van der Waals surface area (Å²) < 4.78 is 18.1. The lowest BCUT2D eigenvalue weighted by Gasteiger charge is -1.98. The monoisotopic (exact) mass is 269 g/mol. The molecule has 0 fully saturated rings. The van der Waals surface area contributed by atoms with Crippen molar-refractivity contribution in [3.8, 4) is 11.3 Å². The van der Waals surface area contributed by atoms with Gasteiger partial charge >= 0.3 is 0 Å². The van der Waals surface area contributed by atoms with Crippen LogP contribution in [0.2, 0.25) is 0 Å². The molecule has 2 rings (SSSR count). The zero-order valence-electron chi connectivity index (χ0n) is 8.13. The zero-order valence-corrected chi connectivity index (χ0v) is 9.71. The van der Waals surface area contributed by atoms with Crippen molar-refractivity contribution in [2.45, 2.75) is 12.3 Å². The first-order valence-electron chi connectivity index (χ1n) is 4.49. The normalized spacial score (nSPS) is 10.6. The van der Waals surface area contributed by atoms with E-state index in [4.69, 9.17) is 4.52 Å². The molecule has 0 unspecified atom stereocenters. The number of rotatable bonds is 2. The fourth-order valence-corrected chi connectivity index (χ4v) is 2.07. The standard InChI is InChI=1S/C11H9BrFNO/c1-7-10(6-12)11(14-15-7)8-3-2-4-9(13)5-8/h2-5H,6H2,1H3. The Balaban J connectivity index is 2.54. The van der Waals surface area contributed by atoms with Crippen LogP contribution in [0.15, 0.2) is 28.8 Å². The fraction of sp³-hybridized carbons (Fsp3) is 0.182. The predicted molar refractivity (Wildman–Crippen MR) is 59.3 cm³/mol. The molecule has 0 saturated carbocycles. The van der Waals surface area contributed by atoms with Gasteiger partial charge < -0.3 is 4.52 Å². The van der Waals surface area contributed by atoms with Crippen molar-refractivity contribution in [1.82, 2.24) is 5.16 Å². The second-order valence-electron chi connectivity index (χ2n) is 3.21. The molecule has 0 aliphatic heterocycles. The highest BCUT2D eigenvalue weighted by Crippen LogP contribution is 2.27. The number of aryl methyl sites for hydroxylation is 1. The van der Waals surface area contributed by atoms with Gasteiger partial charge in [-0.25, -0.2) is 4.39 Å². The van der Waals surface area contributed by atoms with Crippen LogP contribution in [0.1, 0.15) is 11.3 Å². The highest BCUT2D eigenvalue weighted by molar-refractivity contribution is 9.08. The molecule has 0 amide bonds. The van der Waals surface area contributed by atoms with Gasteiger partial charge in [0.05, 0.1) is 0 Å². The van der Waals surface area contributed by atoms with Crippen molar-refractivity contribution in [3.63, 3.8) is 0 Å². The maximum Gasteiger partial charge on any atom is 0.138 e. The molecular formula is C11H9BrFNO. The molecule has 0 radical (unpaired) electrons. The van der Waals surface area contributed by atoms with Gasteiger partial charge in [-0.1, -0.05) is 33.2 Å². The summed E-state index contributed by atoms with van der Waals surface area (Å²) >= 11 is 3.36. The third kappa shape index (κ3) is 1.95. The number of hydrogen-bond acceptors (Lipinski definition) is 2. The van der Waals surface area contributed by atoms with Gasteiger partial charge in [0.2, 0.25) is 0 Å². The Hall–Kier alpha value is -1.16. The average Bonchev–Trinajstić information content (AvgIpc) is 2.59. The Morgan fingerprint density at radius 2 is 2.27 bits per heavy atom. The van der Waals surface area contributed by atoms with E-state index in [1.165, 1.54) is 12.1 Å². The van der Waals surface area contributed by atoms with Crippen molar-refractivity contribution in [1.29, 1.82) is 0 Å². The third-order valence-corrected chi connectivity index (χ3v) is 2.78. The SMILES string of the molecule is Cc1onc(-c2cccc(F)c2)c1CBr. The van der Waals surface area contributed by atoms with E-state index in [0.29, 0.717) is 11.0 Å². The van der Waals surface area contributed by atoms with Crippen LogP contribution >= 0.6 is 15.9 Å². The van der Waals surface area contributed by atoms with Crippen LogP contribution in [0.3, 0.4) is 0 Å². The molecule has 78 valence electrons. The molecule has 0 saturated heterocycles. The lowest BCUT2D eigenvalue weighted by molar-refractivity contribution is 0.398. The van der Waals surface area contributed by atoms with Crippen molar-refractivity contribution < 1.29 is 8.91 Å². The van der Waals surface area contributed by atoms with Crippen LogP contribution in [0, 0.1) is 12.7 Å². The molecule has 0 atom stereocenters. The van der Waals surface area contributed by atoms with Crippen molar-refractivity contribution in [2.75, 3.05) is 0 Å². The topological polar surface area (TPSA) is 26.0 Å². The molecular weight excluding hydrogens is 261 g/mol. The number of alkyl halides is 1. The lowest BCUT2D eigenvalue weighted by Crippen LogP contribution is -1.85. The highest BCUT2D eigenvalue weighted by Gasteiger charge is 2.13. The molecule has 0 aliphatic carbocycles. The Kier molecular flexibility index (Phi) is 2.86. The summed E-state index contributed by atoms with van der Waals surface area (Å²) in [5.41, 5.74) is 2.39. The molecule has 2 nitrogen and oxygen atoms in total. The summed E-state index contributed by atoms with van der Waals surface area (Å²) in [7, 11) is 0. The number of nitrogens with zero attached hydrogens (tertiary/aromatic N) is 1. The largest absolute Gasteiger partial charge is 0.361 e. The van der Waals surface area contributed by atoms with Gasteiger partial charge in [-0.05, 0) is 19.1 Å². The Bertz CT molecular complexity index is 481. The van der Waals surface area contributed by atoms with E-state index in [2.05, 4.69) is 21.1 Å². The fourth-order valence-electron chi connectivity index (χ4n) is 1.41. The van der Waals surface area contributed by atoms with E-state index < -0.39 is 0 Å². The molecule has 0 spiro atoms. The summed E-state index contributed by atoms with van der Waals surface area (Å²) in [6, 6.07) is 6.33. The molecule has 1 heterocycles. The molecule has 15 heavy (non-hydrogen) atoms. The number of benzene rings is 1. The van der Waals surface area contributed by atoms with Crippen molar-refractivity contribution >= 4 is 15.9 Å². The second kappa shape index (κ2) is 4.14. The Morgan fingerprint density at radius 3 is 2.93 bits per heavy atom. The number of hydrogen-bond donors (Lipinski definition) is 0. The van der Waals surface area contributed by atoms with Gasteiger partial charge in [-0.2, -0.15) is 0 Å². The van der Waals surface area contributed by atoms with E-state index in [1.807, 2.05) is 13.0 Å². The maximum atomic E-state index is 13.0. The molecule has 0 bridgehead atoms. The first-order valence-corrected chi connectivity index (χ1v) is 5.61. The quantitative estimate of drug-likeness (QED) is 0.778. The van der Waals surface area contributed by atoms with Crippen LogP contribution in [0.5, 0.6) is 0 Å². The molecule has 1 aromatic heterocycles. The highest BCUT2D eigenvalue weighted by atomic mass is 79.9. The van der Waals surface area contributed by atoms with E-state index in [1.54, 1.807) is 6.07 Å². The lowest BCUT2D eigenvalue weighted by atomic mass is 10.1. The minimum absolute atomic E-state index is 0.270. The first-order chi connectivity index (χ1) is 7.22. The van der Waals surface area contributed by atoms with Crippen LogP contribution in [0.25, 0.3) is 11.3 Å². The van der Waals surface area contributed by atoms with Gasteiger partial charge in [-0.3, -0.25) is 0 Å². The molecule has 1 aromatic carbocycles. The molecule has 4 heteroatoms. The smallest absolute Gasteiger partial charge is 0.138 e. The molecule has 2 aromatic rings. The van der Waals surface area contributed by atoms with Gasteiger partial charge in [0.25, 0.3) is 0 Å². The van der Waals surface area contributed by atoms with Gasteiger partial charge in [-0.15, -0.1) is 0 Å². The van der Waals surface area contributed by atoms with E-state index >= 15 is 0 Å². The second-order valence-corrected chi connectivity index (χ2v) is 3.77. The van der Waals surface area contributed by atoms with Gasteiger partial charge in [0.15, 0.2) is 0 Å². The predicted octanol–water partition coefficient (Wildman–Crippen LogP) is 3.68. The molecule has 0 aliphatic rings. The molecule has 0 N–H and O–H groups in total. The Morgan fingerprint density at radius 1 is 1.47 bits per heavy atom. The van der Waals surface area contributed by atoms with Crippen molar-refractivity contribution in [2.24, 2.45) is 0 Å². The van der Waals surface area contributed by atoms with Gasteiger partial charge in [0.1, 0.15) is 17.3 Å². The van der Waals surface area contributed by atoms with E-state index in [-0.39, 0.29) is 5.82 Å². The van der Waals surface area contributed by atoms with Crippen LogP contribution < -0.4 is 0 Å². The number of halogens is 2. The summed E-state index contributed by atoms with van der Waals surface area (Å²) in [5, 5.41) is 4.57. The summed E-state index contributed by atoms with van der Waals surface area (Å²) in [4.78, 5) is 0.